The lowest BCUT2D eigenvalue weighted by Crippen LogP contribution is -2.19. The number of benzene rings is 1. The van der Waals surface area contributed by atoms with Gasteiger partial charge in [0.05, 0.1) is 0 Å². The molecule has 1 N–H and O–H groups in total. The molecule has 0 saturated heterocycles. The van der Waals surface area contributed by atoms with Crippen LogP contribution in [0.15, 0.2) is 48.7 Å². The third kappa shape index (κ3) is 2.19. The van der Waals surface area contributed by atoms with Crippen molar-refractivity contribution in [3.05, 3.63) is 59.9 Å². The van der Waals surface area contributed by atoms with Gasteiger partial charge in [0.15, 0.2) is 0 Å². The standard InChI is InChI=1S/C15H19N/c1-15(2,3)14(13-10-7-11-16-13)12-8-5-4-6-9-12/h4-11,14,16H,1-3H3. The maximum absolute atomic E-state index is 3.34. The van der Waals surface area contributed by atoms with Gasteiger partial charge in [-0.15, -0.1) is 0 Å². The Morgan fingerprint density at radius 3 is 2.12 bits per heavy atom. The topological polar surface area (TPSA) is 15.8 Å². The number of aromatic amines is 1. The van der Waals surface area contributed by atoms with Crippen LogP contribution in [0.1, 0.15) is 37.9 Å². The molecular formula is C15H19N. The average Bonchev–Trinajstić information content (AvgIpc) is 2.71. The molecule has 0 fully saturated rings. The van der Waals surface area contributed by atoms with E-state index in [9.17, 15) is 0 Å². The summed E-state index contributed by atoms with van der Waals surface area (Å²) in [5.41, 5.74) is 2.88. The molecule has 1 atom stereocenters. The van der Waals surface area contributed by atoms with E-state index in [0.29, 0.717) is 5.92 Å². The van der Waals surface area contributed by atoms with Crippen LogP contribution in [0.3, 0.4) is 0 Å². The molecule has 1 aromatic heterocycles. The van der Waals surface area contributed by atoms with Gasteiger partial charge in [-0.05, 0) is 23.1 Å². The zero-order valence-corrected chi connectivity index (χ0v) is 10.2. The van der Waals surface area contributed by atoms with E-state index >= 15 is 0 Å². The van der Waals surface area contributed by atoms with Gasteiger partial charge in [0.1, 0.15) is 0 Å². The Labute approximate surface area is 97.5 Å². The predicted octanol–water partition coefficient (Wildman–Crippen LogP) is 4.19. The third-order valence-electron chi connectivity index (χ3n) is 2.93. The van der Waals surface area contributed by atoms with Crippen LogP contribution in [-0.2, 0) is 0 Å². The number of hydrogen-bond acceptors (Lipinski definition) is 0. The Hall–Kier alpha value is -1.50. The van der Waals surface area contributed by atoms with Crippen molar-refractivity contribution < 1.29 is 0 Å². The van der Waals surface area contributed by atoms with Gasteiger partial charge in [-0.1, -0.05) is 51.1 Å². The van der Waals surface area contributed by atoms with Crippen molar-refractivity contribution in [2.24, 2.45) is 5.41 Å². The first-order chi connectivity index (χ1) is 7.59. The highest BCUT2D eigenvalue weighted by Crippen LogP contribution is 2.39. The van der Waals surface area contributed by atoms with Crippen LogP contribution >= 0.6 is 0 Å². The molecule has 0 saturated carbocycles. The first-order valence-corrected chi connectivity index (χ1v) is 5.77. The number of nitrogens with one attached hydrogen (secondary N) is 1. The summed E-state index contributed by atoms with van der Waals surface area (Å²) >= 11 is 0. The summed E-state index contributed by atoms with van der Waals surface area (Å²) in [7, 11) is 0. The SMILES string of the molecule is CC(C)(C)C(c1ccccc1)c1ccc[nH]1. The smallest absolute Gasteiger partial charge is 0.0289 e. The number of rotatable bonds is 2. The molecule has 1 aromatic carbocycles. The van der Waals surface area contributed by atoms with Gasteiger partial charge in [-0.3, -0.25) is 0 Å². The van der Waals surface area contributed by atoms with E-state index in [-0.39, 0.29) is 5.41 Å². The molecule has 2 rings (SSSR count). The van der Waals surface area contributed by atoms with Gasteiger partial charge < -0.3 is 4.98 Å². The zero-order chi connectivity index (χ0) is 11.6. The maximum Gasteiger partial charge on any atom is 0.0289 e. The molecule has 1 heteroatoms. The van der Waals surface area contributed by atoms with Gasteiger partial charge in [0.25, 0.3) is 0 Å². The molecule has 1 nitrogen and oxygen atoms in total. The fourth-order valence-corrected chi connectivity index (χ4v) is 2.32. The lowest BCUT2D eigenvalue weighted by molar-refractivity contribution is 0.354. The van der Waals surface area contributed by atoms with Crippen LogP contribution in [0, 0.1) is 5.41 Å². The minimum Gasteiger partial charge on any atom is -0.364 e. The van der Waals surface area contributed by atoms with Gasteiger partial charge in [-0.2, -0.15) is 0 Å². The van der Waals surface area contributed by atoms with Crippen molar-refractivity contribution >= 4 is 0 Å². The highest BCUT2D eigenvalue weighted by molar-refractivity contribution is 5.30. The molecule has 0 amide bonds. The summed E-state index contributed by atoms with van der Waals surface area (Å²) in [6.45, 7) is 6.85. The predicted molar refractivity (Wildman–Crippen MR) is 68.5 cm³/mol. The Bertz CT molecular complexity index is 420. The van der Waals surface area contributed by atoms with Crippen LogP contribution in [0.5, 0.6) is 0 Å². The second-order valence-electron chi connectivity index (χ2n) is 5.34. The van der Waals surface area contributed by atoms with Crippen LogP contribution < -0.4 is 0 Å². The molecular weight excluding hydrogens is 194 g/mol. The fourth-order valence-electron chi connectivity index (χ4n) is 2.32. The quantitative estimate of drug-likeness (QED) is 0.769. The first-order valence-electron chi connectivity index (χ1n) is 5.77. The fraction of sp³-hybridized carbons (Fsp3) is 0.333. The van der Waals surface area contributed by atoms with Gasteiger partial charge in [0, 0.05) is 17.8 Å². The largest absolute Gasteiger partial charge is 0.364 e. The number of aromatic nitrogens is 1. The molecule has 0 aliphatic heterocycles. The third-order valence-corrected chi connectivity index (χ3v) is 2.93. The molecule has 1 heterocycles. The highest BCUT2D eigenvalue weighted by atomic mass is 14.7. The molecule has 0 spiro atoms. The zero-order valence-electron chi connectivity index (χ0n) is 10.2. The van der Waals surface area contributed by atoms with E-state index in [0.717, 1.165) is 0 Å². The average molecular weight is 213 g/mol. The molecule has 16 heavy (non-hydrogen) atoms. The van der Waals surface area contributed by atoms with Crippen molar-refractivity contribution in [3.63, 3.8) is 0 Å². The van der Waals surface area contributed by atoms with Crippen LogP contribution in [-0.4, -0.2) is 4.98 Å². The van der Waals surface area contributed by atoms with Crippen LogP contribution in [0.2, 0.25) is 0 Å². The Morgan fingerprint density at radius 2 is 1.62 bits per heavy atom. The van der Waals surface area contributed by atoms with Gasteiger partial charge in [0.2, 0.25) is 0 Å². The molecule has 2 aromatic rings. The summed E-state index contributed by atoms with van der Waals surface area (Å²) in [6.07, 6.45) is 2.00. The van der Waals surface area contributed by atoms with E-state index in [1.54, 1.807) is 0 Å². The normalized spacial score (nSPS) is 13.7. The summed E-state index contributed by atoms with van der Waals surface area (Å²) in [5, 5.41) is 0. The summed E-state index contributed by atoms with van der Waals surface area (Å²) in [6, 6.07) is 14.9. The number of hydrogen-bond donors (Lipinski definition) is 1. The summed E-state index contributed by atoms with van der Waals surface area (Å²) in [5.74, 6) is 0.420. The molecule has 0 aliphatic carbocycles. The van der Waals surface area contributed by atoms with Crippen LogP contribution in [0.4, 0.5) is 0 Å². The lowest BCUT2D eigenvalue weighted by Gasteiger charge is -2.30. The van der Waals surface area contributed by atoms with Crippen molar-refractivity contribution in [1.29, 1.82) is 0 Å². The lowest BCUT2D eigenvalue weighted by atomic mass is 9.75. The Balaban J connectivity index is 2.45. The van der Waals surface area contributed by atoms with Crippen LogP contribution in [0.25, 0.3) is 0 Å². The monoisotopic (exact) mass is 213 g/mol. The summed E-state index contributed by atoms with van der Waals surface area (Å²) < 4.78 is 0. The van der Waals surface area contributed by atoms with E-state index in [2.05, 4.69) is 68.2 Å². The second-order valence-corrected chi connectivity index (χ2v) is 5.34. The molecule has 0 bridgehead atoms. The van der Waals surface area contributed by atoms with Gasteiger partial charge in [-0.25, -0.2) is 0 Å². The van der Waals surface area contributed by atoms with E-state index in [1.807, 2.05) is 6.20 Å². The second kappa shape index (κ2) is 4.17. The summed E-state index contributed by atoms with van der Waals surface area (Å²) in [4.78, 5) is 3.34. The minimum atomic E-state index is 0.214. The van der Waals surface area contributed by atoms with E-state index < -0.39 is 0 Å². The molecule has 0 radical (unpaired) electrons. The first kappa shape index (κ1) is 11.0. The van der Waals surface area contributed by atoms with Gasteiger partial charge >= 0.3 is 0 Å². The van der Waals surface area contributed by atoms with Crippen molar-refractivity contribution in [2.45, 2.75) is 26.7 Å². The van der Waals surface area contributed by atoms with E-state index in [1.165, 1.54) is 11.3 Å². The Kier molecular flexibility index (Phi) is 2.86. The van der Waals surface area contributed by atoms with Crippen molar-refractivity contribution in [1.82, 2.24) is 4.98 Å². The van der Waals surface area contributed by atoms with Crippen molar-refractivity contribution in [3.8, 4) is 0 Å². The maximum atomic E-state index is 3.34. The number of H-pyrrole nitrogens is 1. The molecule has 1 unspecified atom stereocenters. The Morgan fingerprint density at radius 1 is 0.938 bits per heavy atom. The molecule has 0 aliphatic rings. The van der Waals surface area contributed by atoms with E-state index in [4.69, 9.17) is 0 Å². The molecule has 84 valence electrons. The minimum absolute atomic E-state index is 0.214. The van der Waals surface area contributed by atoms with Crippen molar-refractivity contribution in [2.75, 3.05) is 0 Å². The highest BCUT2D eigenvalue weighted by Gasteiger charge is 2.28.